The van der Waals surface area contributed by atoms with Gasteiger partial charge in [0.1, 0.15) is 0 Å². The number of aryl methyl sites for hydroxylation is 1. The van der Waals surface area contributed by atoms with Gasteiger partial charge in [-0.15, -0.1) is 0 Å². The zero-order valence-corrected chi connectivity index (χ0v) is 14.0. The van der Waals surface area contributed by atoms with Gasteiger partial charge >= 0.3 is 5.97 Å². The fourth-order valence-electron chi connectivity index (χ4n) is 1.90. The number of esters is 1. The Balaban J connectivity index is 2.31. The summed E-state index contributed by atoms with van der Waals surface area (Å²) in [4.78, 5) is 12.1. The summed E-state index contributed by atoms with van der Waals surface area (Å²) in [5.41, 5.74) is 2.73. The van der Waals surface area contributed by atoms with Crippen molar-refractivity contribution >= 4 is 39.2 Å². The van der Waals surface area contributed by atoms with Crippen LogP contribution in [0.5, 0.6) is 0 Å². The molecule has 0 heterocycles. The second-order valence-corrected chi connectivity index (χ2v) is 5.91. The lowest BCUT2D eigenvalue weighted by molar-refractivity contribution is -0.141. The molecule has 3 nitrogen and oxygen atoms in total. The molecule has 2 aromatic rings. The number of carbonyl (C=O) groups is 1. The number of ether oxygens (including phenoxy) is 1. The van der Waals surface area contributed by atoms with Crippen molar-refractivity contribution in [2.45, 2.75) is 13.0 Å². The highest BCUT2D eigenvalue weighted by molar-refractivity contribution is 9.10. The van der Waals surface area contributed by atoms with Crippen LogP contribution in [-0.2, 0) is 9.53 Å². The van der Waals surface area contributed by atoms with Crippen LogP contribution in [0, 0.1) is 6.92 Å². The standard InChI is InChI=1S/C16H15BrClNO2/c1-10-3-4-11(9-14(10)17)15(16(20)21-2)19-13-7-5-12(18)6-8-13/h3-9,15,19H,1-2H3. The minimum atomic E-state index is -0.576. The van der Waals surface area contributed by atoms with Gasteiger partial charge in [0.05, 0.1) is 7.11 Å². The van der Waals surface area contributed by atoms with Crippen LogP contribution < -0.4 is 5.32 Å². The lowest BCUT2D eigenvalue weighted by atomic mass is 10.0. The summed E-state index contributed by atoms with van der Waals surface area (Å²) in [6.07, 6.45) is 0. The van der Waals surface area contributed by atoms with Crippen LogP contribution in [0.4, 0.5) is 5.69 Å². The third-order valence-corrected chi connectivity index (χ3v) is 4.23. The van der Waals surface area contributed by atoms with Crippen LogP contribution in [0.15, 0.2) is 46.9 Å². The quantitative estimate of drug-likeness (QED) is 0.792. The average molecular weight is 369 g/mol. The van der Waals surface area contributed by atoms with Gasteiger partial charge in [-0.2, -0.15) is 0 Å². The van der Waals surface area contributed by atoms with E-state index in [0.29, 0.717) is 5.02 Å². The molecule has 0 fully saturated rings. The van der Waals surface area contributed by atoms with E-state index in [1.807, 2.05) is 37.3 Å². The minimum Gasteiger partial charge on any atom is -0.467 e. The van der Waals surface area contributed by atoms with Crippen molar-refractivity contribution in [1.29, 1.82) is 0 Å². The third kappa shape index (κ3) is 3.99. The number of benzene rings is 2. The van der Waals surface area contributed by atoms with Crippen LogP contribution in [0.1, 0.15) is 17.2 Å². The summed E-state index contributed by atoms with van der Waals surface area (Å²) < 4.78 is 5.84. The molecule has 5 heteroatoms. The van der Waals surface area contributed by atoms with Gasteiger partial charge in [0.2, 0.25) is 0 Å². The van der Waals surface area contributed by atoms with Crippen molar-refractivity contribution < 1.29 is 9.53 Å². The van der Waals surface area contributed by atoms with E-state index in [1.54, 1.807) is 12.1 Å². The molecule has 0 aliphatic heterocycles. The van der Waals surface area contributed by atoms with E-state index in [1.165, 1.54) is 7.11 Å². The van der Waals surface area contributed by atoms with Crippen molar-refractivity contribution in [1.82, 2.24) is 0 Å². The smallest absolute Gasteiger partial charge is 0.332 e. The predicted molar refractivity (Wildman–Crippen MR) is 88.7 cm³/mol. The van der Waals surface area contributed by atoms with Gasteiger partial charge < -0.3 is 10.1 Å². The van der Waals surface area contributed by atoms with Crippen molar-refractivity contribution in [3.8, 4) is 0 Å². The van der Waals surface area contributed by atoms with Gasteiger partial charge in [-0.25, -0.2) is 4.79 Å². The summed E-state index contributed by atoms with van der Waals surface area (Å²) in [6, 6.07) is 12.4. The first-order valence-electron chi connectivity index (χ1n) is 6.37. The zero-order valence-electron chi connectivity index (χ0n) is 11.7. The Morgan fingerprint density at radius 2 is 1.90 bits per heavy atom. The number of carbonyl (C=O) groups excluding carboxylic acids is 1. The molecule has 2 rings (SSSR count). The predicted octanol–water partition coefficient (Wildman–Crippen LogP) is 4.74. The number of halogens is 2. The van der Waals surface area contributed by atoms with Crippen molar-refractivity contribution in [3.63, 3.8) is 0 Å². The van der Waals surface area contributed by atoms with E-state index in [2.05, 4.69) is 21.2 Å². The molecule has 1 unspecified atom stereocenters. The molecule has 0 aromatic heterocycles. The number of nitrogens with one attached hydrogen (secondary N) is 1. The van der Waals surface area contributed by atoms with Crippen LogP contribution in [-0.4, -0.2) is 13.1 Å². The number of hydrogen-bond donors (Lipinski definition) is 1. The van der Waals surface area contributed by atoms with E-state index in [0.717, 1.165) is 21.3 Å². The highest BCUT2D eigenvalue weighted by atomic mass is 79.9. The molecule has 0 spiro atoms. The SMILES string of the molecule is COC(=O)C(Nc1ccc(Cl)cc1)c1ccc(C)c(Br)c1. The Bertz CT molecular complexity index is 643. The summed E-state index contributed by atoms with van der Waals surface area (Å²) in [5.74, 6) is -0.347. The first kappa shape index (κ1) is 15.9. The van der Waals surface area contributed by atoms with Gasteiger partial charge in [-0.05, 0) is 48.4 Å². The number of anilines is 1. The topological polar surface area (TPSA) is 38.3 Å². The Morgan fingerprint density at radius 3 is 2.48 bits per heavy atom. The second kappa shape index (κ2) is 6.96. The Morgan fingerprint density at radius 1 is 1.24 bits per heavy atom. The van der Waals surface area contributed by atoms with Crippen LogP contribution in [0.3, 0.4) is 0 Å². The minimum absolute atomic E-state index is 0.347. The van der Waals surface area contributed by atoms with Crippen molar-refractivity contribution in [2.24, 2.45) is 0 Å². The average Bonchev–Trinajstić information content (AvgIpc) is 2.49. The fourth-order valence-corrected chi connectivity index (χ4v) is 2.42. The van der Waals surface area contributed by atoms with Crippen LogP contribution in [0.2, 0.25) is 5.02 Å². The molecule has 0 aliphatic carbocycles. The molecular formula is C16H15BrClNO2. The first-order valence-corrected chi connectivity index (χ1v) is 7.54. The second-order valence-electron chi connectivity index (χ2n) is 4.62. The molecule has 1 atom stereocenters. The summed E-state index contributed by atoms with van der Waals surface area (Å²) >= 11 is 9.35. The molecular weight excluding hydrogens is 354 g/mol. The van der Waals surface area contributed by atoms with Crippen molar-refractivity contribution in [3.05, 3.63) is 63.1 Å². The zero-order chi connectivity index (χ0) is 15.4. The molecule has 2 aromatic carbocycles. The summed E-state index contributed by atoms with van der Waals surface area (Å²) in [7, 11) is 1.38. The van der Waals surface area contributed by atoms with Gasteiger partial charge in [0.15, 0.2) is 6.04 Å². The molecule has 0 saturated heterocycles. The number of rotatable bonds is 4. The first-order chi connectivity index (χ1) is 10.0. The molecule has 21 heavy (non-hydrogen) atoms. The third-order valence-electron chi connectivity index (χ3n) is 3.12. The number of methoxy groups -OCH3 is 1. The lowest BCUT2D eigenvalue weighted by Gasteiger charge is -2.19. The van der Waals surface area contributed by atoms with E-state index in [4.69, 9.17) is 16.3 Å². The van der Waals surface area contributed by atoms with Crippen molar-refractivity contribution in [2.75, 3.05) is 12.4 Å². The van der Waals surface area contributed by atoms with E-state index < -0.39 is 6.04 Å². The van der Waals surface area contributed by atoms with Gasteiger partial charge in [-0.3, -0.25) is 0 Å². The Labute approximate surface area is 137 Å². The largest absolute Gasteiger partial charge is 0.467 e. The highest BCUT2D eigenvalue weighted by Gasteiger charge is 2.21. The molecule has 0 bridgehead atoms. The van der Waals surface area contributed by atoms with E-state index >= 15 is 0 Å². The maximum Gasteiger partial charge on any atom is 0.332 e. The molecule has 0 amide bonds. The molecule has 0 saturated carbocycles. The highest BCUT2D eigenvalue weighted by Crippen LogP contribution is 2.26. The molecule has 1 N–H and O–H groups in total. The molecule has 0 radical (unpaired) electrons. The van der Waals surface area contributed by atoms with Crippen LogP contribution >= 0.6 is 27.5 Å². The Hall–Kier alpha value is -1.52. The van der Waals surface area contributed by atoms with E-state index in [9.17, 15) is 4.79 Å². The summed E-state index contributed by atoms with van der Waals surface area (Å²) in [5, 5.41) is 3.81. The van der Waals surface area contributed by atoms with Gasteiger partial charge in [0.25, 0.3) is 0 Å². The lowest BCUT2D eigenvalue weighted by Crippen LogP contribution is -2.22. The van der Waals surface area contributed by atoms with Crippen LogP contribution in [0.25, 0.3) is 0 Å². The van der Waals surface area contributed by atoms with Gasteiger partial charge in [0, 0.05) is 15.2 Å². The Kier molecular flexibility index (Phi) is 5.26. The maximum absolute atomic E-state index is 12.1. The maximum atomic E-state index is 12.1. The summed E-state index contributed by atoms with van der Waals surface area (Å²) in [6.45, 7) is 1.99. The van der Waals surface area contributed by atoms with Gasteiger partial charge in [-0.1, -0.05) is 39.7 Å². The van der Waals surface area contributed by atoms with E-state index in [-0.39, 0.29) is 5.97 Å². The molecule has 110 valence electrons. The monoisotopic (exact) mass is 367 g/mol. The normalized spacial score (nSPS) is 11.8. The fraction of sp³-hybridized carbons (Fsp3) is 0.188. The number of hydrogen-bond acceptors (Lipinski definition) is 3. The molecule has 0 aliphatic rings.